The zero-order valence-electron chi connectivity index (χ0n) is 10.7. The highest BCUT2D eigenvalue weighted by atomic mass is 14.1. The van der Waals surface area contributed by atoms with E-state index in [-0.39, 0.29) is 0 Å². The summed E-state index contributed by atoms with van der Waals surface area (Å²) in [6.07, 6.45) is 8.11. The molecule has 0 aromatic heterocycles. The van der Waals surface area contributed by atoms with Gasteiger partial charge in [0.05, 0.1) is 0 Å². The predicted molar refractivity (Wildman–Crippen MR) is 72.9 cm³/mol. The van der Waals surface area contributed by atoms with Gasteiger partial charge in [0, 0.05) is 0 Å². The molecule has 1 aromatic carbocycles. The molecule has 1 unspecified atom stereocenters. The van der Waals surface area contributed by atoms with E-state index in [4.69, 9.17) is 0 Å². The van der Waals surface area contributed by atoms with Crippen molar-refractivity contribution in [3.63, 3.8) is 0 Å². The first kappa shape index (κ1) is 13.0. The first-order valence-electron chi connectivity index (χ1n) is 6.47. The van der Waals surface area contributed by atoms with Crippen molar-refractivity contribution in [2.24, 2.45) is 0 Å². The largest absolute Gasteiger partial charge is 0.103 e. The van der Waals surface area contributed by atoms with Gasteiger partial charge in [-0.2, -0.15) is 0 Å². The van der Waals surface area contributed by atoms with Crippen LogP contribution in [0.3, 0.4) is 0 Å². The van der Waals surface area contributed by atoms with E-state index in [0.29, 0.717) is 5.92 Å². The van der Waals surface area contributed by atoms with Gasteiger partial charge < -0.3 is 0 Å². The van der Waals surface area contributed by atoms with Gasteiger partial charge in [0.1, 0.15) is 0 Å². The highest BCUT2D eigenvalue weighted by Crippen LogP contribution is 2.19. The Balaban J connectivity index is 2.42. The van der Waals surface area contributed by atoms with E-state index in [2.05, 4.69) is 44.7 Å². The second-order valence-corrected chi connectivity index (χ2v) is 4.59. The van der Waals surface area contributed by atoms with E-state index in [9.17, 15) is 0 Å². The Bertz CT molecular complexity index is 294. The summed E-state index contributed by atoms with van der Waals surface area (Å²) in [4.78, 5) is 0. The van der Waals surface area contributed by atoms with Crippen LogP contribution >= 0.6 is 0 Å². The maximum Gasteiger partial charge on any atom is -0.0193 e. The average molecular weight is 216 g/mol. The minimum atomic E-state index is 0.690. The molecule has 0 aliphatic carbocycles. The third-order valence-electron chi connectivity index (χ3n) is 3.28. The van der Waals surface area contributed by atoms with Crippen LogP contribution in [0.1, 0.15) is 56.6 Å². The third kappa shape index (κ3) is 4.22. The molecule has 0 bridgehead atoms. The summed E-state index contributed by atoms with van der Waals surface area (Å²) in [5, 5.41) is 0. The Morgan fingerprint density at radius 2 is 1.88 bits per heavy atom. The normalized spacial score (nSPS) is 12.4. The van der Waals surface area contributed by atoms with Gasteiger partial charge in [-0.3, -0.25) is 0 Å². The summed E-state index contributed by atoms with van der Waals surface area (Å²) in [6, 6.07) is 9.15. The smallest absolute Gasteiger partial charge is 0.0193 e. The maximum atomic E-state index is 3.75. The monoisotopic (exact) mass is 216 g/mol. The van der Waals surface area contributed by atoms with Crippen molar-refractivity contribution in [2.45, 2.75) is 51.9 Å². The number of aryl methyl sites for hydroxylation is 1. The number of hydrogen-bond donors (Lipinski definition) is 0. The Labute approximate surface area is 100 Å². The second-order valence-electron chi connectivity index (χ2n) is 4.59. The minimum Gasteiger partial charge on any atom is -0.103 e. The van der Waals surface area contributed by atoms with Crippen LogP contribution in [0.2, 0.25) is 0 Å². The van der Waals surface area contributed by atoms with E-state index in [0.717, 1.165) is 6.42 Å². The van der Waals surface area contributed by atoms with Crippen LogP contribution in [-0.2, 0) is 6.42 Å². The van der Waals surface area contributed by atoms with Gasteiger partial charge in [0.2, 0.25) is 0 Å². The lowest BCUT2D eigenvalue weighted by Gasteiger charge is -2.09. The van der Waals surface area contributed by atoms with Gasteiger partial charge in [0.15, 0.2) is 0 Å². The topological polar surface area (TPSA) is 0 Å². The number of allylic oxidation sites excluding steroid dienone is 1. The van der Waals surface area contributed by atoms with Crippen molar-refractivity contribution in [3.8, 4) is 0 Å². The van der Waals surface area contributed by atoms with E-state index in [1.54, 1.807) is 0 Å². The molecule has 1 aromatic rings. The lowest BCUT2D eigenvalue weighted by atomic mass is 9.96. The summed E-state index contributed by atoms with van der Waals surface area (Å²) in [6.45, 7) is 8.28. The van der Waals surface area contributed by atoms with Crippen LogP contribution in [0.4, 0.5) is 0 Å². The fourth-order valence-electron chi connectivity index (χ4n) is 1.87. The molecular weight excluding hydrogens is 192 g/mol. The standard InChI is InChI=1S/C16H24/c1-4-6-7-8-9-15-10-12-16(13-11-15)14(3)5-2/h4,10-14H,1,5-9H2,2-3H3. The molecule has 88 valence electrons. The first-order valence-corrected chi connectivity index (χ1v) is 6.47. The third-order valence-corrected chi connectivity index (χ3v) is 3.28. The molecule has 0 spiro atoms. The minimum absolute atomic E-state index is 0.690. The van der Waals surface area contributed by atoms with Crippen LogP contribution < -0.4 is 0 Å². The summed E-state index contributed by atoms with van der Waals surface area (Å²) < 4.78 is 0. The van der Waals surface area contributed by atoms with E-state index >= 15 is 0 Å². The van der Waals surface area contributed by atoms with Crippen molar-refractivity contribution in [1.29, 1.82) is 0 Å². The van der Waals surface area contributed by atoms with Crippen molar-refractivity contribution >= 4 is 0 Å². The fourth-order valence-corrected chi connectivity index (χ4v) is 1.87. The Morgan fingerprint density at radius 1 is 1.19 bits per heavy atom. The molecule has 16 heavy (non-hydrogen) atoms. The number of rotatable bonds is 7. The number of hydrogen-bond acceptors (Lipinski definition) is 0. The summed E-state index contributed by atoms with van der Waals surface area (Å²) in [7, 11) is 0. The SMILES string of the molecule is C=CCCCCc1ccc(C(C)CC)cc1. The molecule has 0 aliphatic rings. The van der Waals surface area contributed by atoms with Crippen LogP contribution in [0, 0.1) is 0 Å². The van der Waals surface area contributed by atoms with Gasteiger partial charge in [0.25, 0.3) is 0 Å². The Hall–Kier alpha value is -1.04. The average Bonchev–Trinajstić information content (AvgIpc) is 2.34. The highest BCUT2D eigenvalue weighted by Gasteiger charge is 2.01. The summed E-state index contributed by atoms with van der Waals surface area (Å²) >= 11 is 0. The van der Waals surface area contributed by atoms with E-state index < -0.39 is 0 Å². The number of unbranched alkanes of at least 4 members (excludes halogenated alkanes) is 2. The van der Waals surface area contributed by atoms with Gasteiger partial charge in [-0.15, -0.1) is 6.58 Å². The van der Waals surface area contributed by atoms with Gasteiger partial charge in [-0.25, -0.2) is 0 Å². The molecule has 0 nitrogen and oxygen atoms in total. The first-order chi connectivity index (χ1) is 7.77. The molecule has 0 radical (unpaired) electrons. The highest BCUT2D eigenvalue weighted by molar-refractivity contribution is 5.25. The van der Waals surface area contributed by atoms with Gasteiger partial charge in [-0.05, 0) is 49.1 Å². The summed E-state index contributed by atoms with van der Waals surface area (Å²) in [5.41, 5.74) is 2.94. The van der Waals surface area contributed by atoms with E-state index in [1.807, 2.05) is 6.08 Å². The van der Waals surface area contributed by atoms with Crippen molar-refractivity contribution in [1.82, 2.24) is 0 Å². The Kier molecular flexibility index (Phi) is 5.92. The van der Waals surface area contributed by atoms with Crippen LogP contribution in [-0.4, -0.2) is 0 Å². The molecule has 1 rings (SSSR count). The molecule has 0 saturated carbocycles. The summed E-state index contributed by atoms with van der Waals surface area (Å²) in [5.74, 6) is 0.690. The van der Waals surface area contributed by atoms with Gasteiger partial charge in [-0.1, -0.05) is 44.2 Å². The van der Waals surface area contributed by atoms with Crippen LogP contribution in [0.25, 0.3) is 0 Å². The van der Waals surface area contributed by atoms with Crippen molar-refractivity contribution < 1.29 is 0 Å². The van der Waals surface area contributed by atoms with Crippen molar-refractivity contribution in [3.05, 3.63) is 48.0 Å². The zero-order chi connectivity index (χ0) is 11.8. The maximum absolute atomic E-state index is 3.75. The second kappa shape index (κ2) is 7.27. The lowest BCUT2D eigenvalue weighted by Crippen LogP contribution is -1.92. The molecule has 0 N–H and O–H groups in total. The predicted octanol–water partition coefficient (Wildman–Crippen LogP) is 5.10. The van der Waals surface area contributed by atoms with E-state index in [1.165, 1.54) is 36.8 Å². The molecule has 0 heteroatoms. The molecule has 0 fully saturated rings. The van der Waals surface area contributed by atoms with Crippen LogP contribution in [0.15, 0.2) is 36.9 Å². The number of benzene rings is 1. The quantitative estimate of drug-likeness (QED) is 0.439. The molecule has 0 heterocycles. The molecule has 0 saturated heterocycles. The van der Waals surface area contributed by atoms with Crippen LogP contribution in [0.5, 0.6) is 0 Å². The zero-order valence-corrected chi connectivity index (χ0v) is 10.7. The fraction of sp³-hybridized carbons (Fsp3) is 0.500. The lowest BCUT2D eigenvalue weighted by molar-refractivity contribution is 0.728. The molecule has 0 aliphatic heterocycles. The molecular formula is C16H24. The van der Waals surface area contributed by atoms with Crippen molar-refractivity contribution in [2.75, 3.05) is 0 Å². The molecule has 0 amide bonds. The van der Waals surface area contributed by atoms with Gasteiger partial charge >= 0.3 is 0 Å². The molecule has 1 atom stereocenters. The Morgan fingerprint density at radius 3 is 2.44 bits per heavy atom.